The Bertz CT molecular complexity index is 1190. The van der Waals surface area contributed by atoms with E-state index in [1.165, 1.54) is 40.9 Å². The van der Waals surface area contributed by atoms with Crippen molar-refractivity contribution in [3.05, 3.63) is 76.4 Å². The number of halogens is 3. The van der Waals surface area contributed by atoms with Crippen LogP contribution in [-0.4, -0.2) is 15.9 Å². The molecule has 0 radical (unpaired) electrons. The highest BCUT2D eigenvalue weighted by molar-refractivity contribution is 7.14. The fraction of sp³-hybridized carbons (Fsp3) is 0.0500. The third-order valence-electron chi connectivity index (χ3n) is 3.93. The molecule has 4 aromatic rings. The molecule has 0 atom stereocenters. The third kappa shape index (κ3) is 4.52. The van der Waals surface area contributed by atoms with Crippen LogP contribution in [0.5, 0.6) is 0 Å². The molecule has 0 bridgehead atoms. The van der Waals surface area contributed by atoms with E-state index in [-0.39, 0.29) is 18.1 Å². The maximum absolute atomic E-state index is 13.4. The average Bonchev–Trinajstić information content (AvgIpc) is 3.34. The van der Waals surface area contributed by atoms with E-state index >= 15 is 0 Å². The quantitative estimate of drug-likeness (QED) is 0.452. The fourth-order valence-corrected chi connectivity index (χ4v) is 4.14. The van der Waals surface area contributed by atoms with E-state index in [4.69, 9.17) is 0 Å². The van der Waals surface area contributed by atoms with Crippen molar-refractivity contribution in [1.82, 2.24) is 9.97 Å². The largest absolute Gasteiger partial charge is 0.302 e. The number of benzene rings is 2. The molecule has 1 N–H and O–H groups in total. The number of hydrogen-bond donors (Lipinski definition) is 1. The van der Waals surface area contributed by atoms with Gasteiger partial charge in [-0.3, -0.25) is 4.79 Å². The summed E-state index contributed by atoms with van der Waals surface area (Å²) in [6.45, 7) is 0. The highest BCUT2D eigenvalue weighted by Crippen LogP contribution is 2.27. The number of thiazole rings is 2. The topological polar surface area (TPSA) is 54.9 Å². The van der Waals surface area contributed by atoms with Crippen LogP contribution in [0.3, 0.4) is 0 Å². The van der Waals surface area contributed by atoms with Crippen LogP contribution in [0, 0.1) is 17.5 Å². The van der Waals surface area contributed by atoms with Crippen molar-refractivity contribution in [3.8, 4) is 21.8 Å². The van der Waals surface area contributed by atoms with E-state index in [1.54, 1.807) is 22.9 Å². The Labute approximate surface area is 171 Å². The van der Waals surface area contributed by atoms with Crippen LogP contribution >= 0.6 is 22.7 Å². The van der Waals surface area contributed by atoms with E-state index < -0.39 is 11.6 Å². The Kier molecular flexibility index (Phi) is 5.41. The average molecular weight is 431 g/mol. The number of hydrogen-bond acceptors (Lipinski definition) is 5. The summed E-state index contributed by atoms with van der Waals surface area (Å²) in [5, 5.41) is 7.03. The Morgan fingerprint density at radius 1 is 0.931 bits per heavy atom. The van der Waals surface area contributed by atoms with Crippen LogP contribution in [0.2, 0.25) is 0 Å². The van der Waals surface area contributed by atoms with Gasteiger partial charge in [0.25, 0.3) is 0 Å². The Hall–Kier alpha value is -3.04. The predicted octanol–water partition coefficient (Wildman–Crippen LogP) is 5.53. The SMILES string of the molecule is O=C(Cc1csc(-c2cccc(F)c2)n1)Nc1nc(-c2ccc(F)c(F)c2)cs1. The van der Waals surface area contributed by atoms with Gasteiger partial charge in [0.05, 0.1) is 17.8 Å². The number of anilines is 1. The summed E-state index contributed by atoms with van der Waals surface area (Å²) < 4.78 is 39.8. The van der Waals surface area contributed by atoms with Crippen LogP contribution in [0.1, 0.15) is 5.69 Å². The van der Waals surface area contributed by atoms with Crippen LogP contribution in [0.15, 0.2) is 53.2 Å². The number of carbonyl (C=O) groups excluding carboxylic acids is 1. The molecule has 0 unspecified atom stereocenters. The molecule has 0 saturated heterocycles. The van der Waals surface area contributed by atoms with Crippen molar-refractivity contribution in [3.63, 3.8) is 0 Å². The van der Waals surface area contributed by atoms with Crippen molar-refractivity contribution in [2.24, 2.45) is 0 Å². The number of nitrogens with one attached hydrogen (secondary N) is 1. The summed E-state index contributed by atoms with van der Waals surface area (Å²) in [7, 11) is 0. The molecule has 146 valence electrons. The van der Waals surface area contributed by atoms with Gasteiger partial charge in [0.1, 0.15) is 10.8 Å². The van der Waals surface area contributed by atoms with Crippen molar-refractivity contribution < 1.29 is 18.0 Å². The summed E-state index contributed by atoms with van der Waals surface area (Å²) in [6, 6.07) is 9.60. The van der Waals surface area contributed by atoms with Crippen molar-refractivity contribution >= 4 is 33.7 Å². The molecule has 0 aliphatic heterocycles. The minimum Gasteiger partial charge on any atom is -0.302 e. The zero-order chi connectivity index (χ0) is 20.4. The van der Waals surface area contributed by atoms with Gasteiger partial charge < -0.3 is 5.32 Å². The molecule has 0 spiro atoms. The summed E-state index contributed by atoms with van der Waals surface area (Å²) in [5.41, 5.74) is 2.06. The summed E-state index contributed by atoms with van der Waals surface area (Å²) in [4.78, 5) is 20.9. The maximum Gasteiger partial charge on any atom is 0.232 e. The van der Waals surface area contributed by atoms with Gasteiger partial charge >= 0.3 is 0 Å². The molecule has 0 saturated carbocycles. The van der Waals surface area contributed by atoms with Crippen molar-refractivity contribution in [2.75, 3.05) is 5.32 Å². The number of aromatic nitrogens is 2. The van der Waals surface area contributed by atoms with E-state index in [1.807, 2.05) is 0 Å². The van der Waals surface area contributed by atoms with E-state index in [0.29, 0.717) is 32.7 Å². The first-order valence-electron chi connectivity index (χ1n) is 8.39. The summed E-state index contributed by atoms with van der Waals surface area (Å²) >= 11 is 2.50. The standard InChI is InChI=1S/C20H12F3N3OS2/c21-13-3-1-2-12(6-13)19-24-14(9-28-19)8-18(27)26-20-25-17(10-29-20)11-4-5-15(22)16(23)7-11/h1-7,9-10H,8H2,(H,25,26,27). The molecule has 2 heterocycles. The molecule has 0 fully saturated rings. The van der Waals surface area contributed by atoms with Gasteiger partial charge in [-0.15, -0.1) is 22.7 Å². The van der Waals surface area contributed by atoms with Gasteiger partial charge in [0.15, 0.2) is 16.8 Å². The second kappa shape index (κ2) is 8.14. The highest BCUT2D eigenvalue weighted by atomic mass is 32.1. The van der Waals surface area contributed by atoms with E-state index in [2.05, 4.69) is 15.3 Å². The molecule has 0 aliphatic rings. The summed E-state index contributed by atoms with van der Waals surface area (Å²) in [6.07, 6.45) is 0.0336. The molecule has 2 aromatic heterocycles. The lowest BCUT2D eigenvalue weighted by Gasteiger charge is -2.00. The first-order chi connectivity index (χ1) is 14.0. The van der Waals surface area contributed by atoms with Crippen LogP contribution < -0.4 is 5.32 Å². The highest BCUT2D eigenvalue weighted by Gasteiger charge is 2.13. The maximum atomic E-state index is 13.4. The minimum absolute atomic E-state index is 0.0336. The van der Waals surface area contributed by atoms with Gasteiger partial charge in [-0.1, -0.05) is 12.1 Å². The monoisotopic (exact) mass is 431 g/mol. The van der Waals surface area contributed by atoms with E-state index in [0.717, 1.165) is 12.1 Å². The van der Waals surface area contributed by atoms with Crippen molar-refractivity contribution in [1.29, 1.82) is 0 Å². The van der Waals surface area contributed by atoms with Gasteiger partial charge in [0.2, 0.25) is 5.91 Å². The summed E-state index contributed by atoms with van der Waals surface area (Å²) in [5.74, 6) is -2.55. The van der Waals surface area contributed by atoms with Gasteiger partial charge in [-0.05, 0) is 30.3 Å². The molecule has 2 aromatic carbocycles. The van der Waals surface area contributed by atoms with E-state index in [9.17, 15) is 18.0 Å². The molecule has 29 heavy (non-hydrogen) atoms. The fourth-order valence-electron chi connectivity index (χ4n) is 2.59. The molecule has 4 rings (SSSR count). The zero-order valence-corrected chi connectivity index (χ0v) is 16.3. The number of nitrogens with zero attached hydrogens (tertiary/aromatic N) is 2. The van der Waals surface area contributed by atoms with Crippen LogP contribution in [0.4, 0.5) is 18.3 Å². The second-order valence-electron chi connectivity index (χ2n) is 6.05. The lowest BCUT2D eigenvalue weighted by molar-refractivity contribution is -0.115. The normalized spacial score (nSPS) is 10.9. The predicted molar refractivity (Wildman–Crippen MR) is 107 cm³/mol. The van der Waals surface area contributed by atoms with Gasteiger partial charge in [-0.25, -0.2) is 23.1 Å². The third-order valence-corrected chi connectivity index (χ3v) is 5.63. The lowest BCUT2D eigenvalue weighted by atomic mass is 10.2. The van der Waals surface area contributed by atoms with Crippen molar-refractivity contribution in [2.45, 2.75) is 6.42 Å². The smallest absolute Gasteiger partial charge is 0.232 e. The number of carbonyl (C=O) groups is 1. The van der Waals surface area contributed by atoms with Crippen LogP contribution in [-0.2, 0) is 11.2 Å². The first kappa shape index (κ1) is 19.3. The Balaban J connectivity index is 1.42. The first-order valence-corrected chi connectivity index (χ1v) is 10.1. The number of rotatable bonds is 5. The molecular formula is C20H12F3N3OS2. The molecule has 9 heteroatoms. The molecule has 1 amide bonds. The zero-order valence-electron chi connectivity index (χ0n) is 14.7. The molecule has 4 nitrogen and oxygen atoms in total. The lowest BCUT2D eigenvalue weighted by Crippen LogP contribution is -2.14. The minimum atomic E-state index is -0.960. The number of amides is 1. The second-order valence-corrected chi connectivity index (χ2v) is 7.76. The van der Waals surface area contributed by atoms with Gasteiger partial charge in [0, 0.05) is 21.9 Å². The van der Waals surface area contributed by atoms with Crippen LogP contribution in [0.25, 0.3) is 21.8 Å². The molecule has 0 aliphatic carbocycles. The Morgan fingerprint density at radius 3 is 2.59 bits per heavy atom. The van der Waals surface area contributed by atoms with Gasteiger partial charge in [-0.2, -0.15) is 0 Å². The molecular weight excluding hydrogens is 419 g/mol. The Morgan fingerprint density at radius 2 is 1.79 bits per heavy atom.